The highest BCUT2D eigenvalue weighted by Gasteiger charge is 2.17. The number of amides is 1. The molecular weight excluding hydrogens is 867 g/mol. The average molecular weight is 979 g/mol. The van der Waals surface area contributed by atoms with E-state index in [1.165, 1.54) is 122 Å². The van der Waals surface area contributed by atoms with Gasteiger partial charge in [0.1, 0.15) is 0 Å². The van der Waals surface area contributed by atoms with Gasteiger partial charge >= 0.3 is 0 Å². The van der Waals surface area contributed by atoms with E-state index in [4.69, 9.17) is 0 Å². The van der Waals surface area contributed by atoms with E-state index >= 15 is 0 Å². The quantitative estimate of drug-likeness (QED) is 0.0420. The number of rotatable bonds is 52. The van der Waals surface area contributed by atoms with Crippen molar-refractivity contribution in [1.82, 2.24) is 5.32 Å². The van der Waals surface area contributed by atoms with E-state index in [0.29, 0.717) is 6.42 Å². The van der Waals surface area contributed by atoms with Gasteiger partial charge in [0.15, 0.2) is 0 Å². The molecule has 0 spiro atoms. The summed E-state index contributed by atoms with van der Waals surface area (Å²) in [6, 6.07) is -0.664. The fraction of sp³-hybridized carbons (Fsp3) is 0.627. The second kappa shape index (κ2) is 60.6. The average Bonchev–Trinajstić information content (AvgIpc) is 3.37. The van der Waals surface area contributed by atoms with Crippen molar-refractivity contribution in [2.24, 2.45) is 0 Å². The number of carbonyl (C=O) groups excluding carboxylic acids is 1. The van der Waals surface area contributed by atoms with Gasteiger partial charge in [-0.1, -0.05) is 275 Å². The zero-order chi connectivity index (χ0) is 51.3. The van der Waals surface area contributed by atoms with Gasteiger partial charge in [-0.2, -0.15) is 0 Å². The Labute approximate surface area is 440 Å². The molecule has 0 heterocycles. The second-order valence-corrected chi connectivity index (χ2v) is 19.3. The van der Waals surface area contributed by atoms with Gasteiger partial charge in [0.25, 0.3) is 0 Å². The standard InChI is InChI=1S/C67H111NO3/c1-3-5-7-9-11-13-15-17-19-21-23-25-27-29-30-31-32-33-34-35-36-37-38-39-41-43-45-47-49-51-53-55-57-59-61-63-67(71)68-65(64-69)66(70)62-60-58-56-54-52-50-48-46-44-42-40-28-26-24-22-20-18-16-14-12-10-8-6-4-2/h5,7,11,13,17,19,23,25,29-30,32-33,35-36,38-39,43-46,52,54,60,62,65-66,69-70H,3-4,6,8-10,12,14-16,18,20-22,24,26-28,31,34,37,40-42,47-51,53,55-59,61,63-64H2,1-2H3,(H,68,71)/b7-5-,13-11-,19-17-,25-23-,30-29-,33-32-,36-35-,39-38-,45-43-,46-44+,54-52+,62-60+. The first-order chi connectivity index (χ1) is 35.2. The molecule has 4 nitrogen and oxygen atoms in total. The molecule has 0 saturated carbocycles. The zero-order valence-corrected chi connectivity index (χ0v) is 46.2. The summed E-state index contributed by atoms with van der Waals surface area (Å²) in [5, 5.41) is 23.2. The van der Waals surface area contributed by atoms with Crippen molar-refractivity contribution in [3.63, 3.8) is 0 Å². The summed E-state index contributed by atoms with van der Waals surface area (Å²) in [7, 11) is 0. The minimum atomic E-state index is -0.887. The lowest BCUT2D eigenvalue weighted by atomic mass is 10.0. The van der Waals surface area contributed by atoms with Crippen LogP contribution in [0.4, 0.5) is 0 Å². The summed E-state index contributed by atoms with van der Waals surface area (Å²) < 4.78 is 0. The lowest BCUT2D eigenvalue weighted by Crippen LogP contribution is -2.45. The third-order valence-electron chi connectivity index (χ3n) is 12.5. The molecule has 0 aliphatic rings. The summed E-state index contributed by atoms with van der Waals surface area (Å²) in [5.74, 6) is -0.0944. The van der Waals surface area contributed by atoms with Crippen LogP contribution < -0.4 is 5.32 Å². The largest absolute Gasteiger partial charge is 0.394 e. The molecule has 3 N–H and O–H groups in total. The minimum absolute atomic E-state index is 0.0944. The van der Waals surface area contributed by atoms with Crippen LogP contribution in [0.1, 0.15) is 251 Å². The number of allylic oxidation sites excluding steroid dienone is 23. The van der Waals surface area contributed by atoms with Gasteiger partial charge in [-0.3, -0.25) is 4.79 Å². The van der Waals surface area contributed by atoms with Crippen LogP contribution in [0.15, 0.2) is 146 Å². The smallest absolute Gasteiger partial charge is 0.220 e. The number of aliphatic hydroxyl groups excluding tert-OH is 2. The molecule has 0 rings (SSSR count). The molecule has 0 aromatic heterocycles. The topological polar surface area (TPSA) is 69.6 Å². The van der Waals surface area contributed by atoms with Crippen molar-refractivity contribution < 1.29 is 15.0 Å². The maximum absolute atomic E-state index is 12.5. The highest BCUT2D eigenvalue weighted by atomic mass is 16.3. The predicted molar refractivity (Wildman–Crippen MR) is 317 cm³/mol. The molecule has 0 aromatic rings. The van der Waals surface area contributed by atoms with Crippen molar-refractivity contribution in [2.75, 3.05) is 6.61 Å². The number of hydrogen-bond acceptors (Lipinski definition) is 3. The predicted octanol–water partition coefficient (Wildman–Crippen LogP) is 20.0. The van der Waals surface area contributed by atoms with E-state index in [1.54, 1.807) is 6.08 Å². The van der Waals surface area contributed by atoms with E-state index < -0.39 is 12.1 Å². The van der Waals surface area contributed by atoms with Crippen LogP contribution in [0.3, 0.4) is 0 Å². The molecule has 402 valence electrons. The van der Waals surface area contributed by atoms with Crippen LogP contribution in [-0.4, -0.2) is 34.9 Å². The third-order valence-corrected chi connectivity index (χ3v) is 12.5. The molecule has 0 aromatic carbocycles. The summed E-state index contributed by atoms with van der Waals surface area (Å²) in [4.78, 5) is 12.5. The first kappa shape index (κ1) is 67.3. The van der Waals surface area contributed by atoms with Gasteiger partial charge in [-0.15, -0.1) is 0 Å². The molecule has 0 aliphatic carbocycles. The molecule has 0 saturated heterocycles. The fourth-order valence-corrected chi connectivity index (χ4v) is 8.09. The van der Waals surface area contributed by atoms with Crippen LogP contribution in [0.2, 0.25) is 0 Å². The van der Waals surface area contributed by atoms with Gasteiger partial charge < -0.3 is 15.5 Å². The Morgan fingerprint density at radius 3 is 0.986 bits per heavy atom. The Kier molecular flexibility index (Phi) is 57.4. The maximum Gasteiger partial charge on any atom is 0.220 e. The van der Waals surface area contributed by atoms with Crippen molar-refractivity contribution in [2.45, 2.75) is 264 Å². The van der Waals surface area contributed by atoms with Crippen molar-refractivity contribution in [1.29, 1.82) is 0 Å². The molecule has 0 radical (unpaired) electrons. The molecular formula is C67H111NO3. The van der Waals surface area contributed by atoms with Crippen molar-refractivity contribution in [3.05, 3.63) is 146 Å². The molecule has 0 aliphatic heterocycles. The van der Waals surface area contributed by atoms with E-state index in [-0.39, 0.29) is 12.5 Å². The molecule has 1 amide bonds. The fourth-order valence-electron chi connectivity index (χ4n) is 8.09. The Bertz CT molecular complexity index is 1480. The summed E-state index contributed by atoms with van der Waals surface area (Å²) >= 11 is 0. The second-order valence-electron chi connectivity index (χ2n) is 19.3. The highest BCUT2D eigenvalue weighted by molar-refractivity contribution is 5.76. The SMILES string of the molecule is CC/C=C\C/C=C\C/C=C\C/C=C\C/C=C\C/C=C\C/C=C\C/C=C\C/C=C\CCCCCCCCCC(=O)NC(CO)C(O)/C=C/CC/C=C/CC/C=C/CCCCCCCCCCCCCCCC. The molecule has 4 heteroatoms. The number of nitrogens with one attached hydrogen (secondary N) is 1. The lowest BCUT2D eigenvalue weighted by molar-refractivity contribution is -0.123. The molecule has 2 unspecified atom stereocenters. The normalized spacial score (nSPS) is 13.9. The number of aliphatic hydroxyl groups is 2. The van der Waals surface area contributed by atoms with Crippen LogP contribution in [-0.2, 0) is 4.79 Å². The summed E-state index contributed by atoms with van der Waals surface area (Å²) in [6.45, 7) is 4.18. The van der Waals surface area contributed by atoms with E-state index in [0.717, 1.165) is 109 Å². The van der Waals surface area contributed by atoms with E-state index in [9.17, 15) is 15.0 Å². The maximum atomic E-state index is 12.5. The number of unbranched alkanes of at least 4 members (excludes halogenated alkanes) is 23. The number of hydrogen-bond donors (Lipinski definition) is 3. The molecule has 0 bridgehead atoms. The zero-order valence-electron chi connectivity index (χ0n) is 46.2. The van der Waals surface area contributed by atoms with Gasteiger partial charge in [0, 0.05) is 6.42 Å². The molecule has 71 heavy (non-hydrogen) atoms. The summed E-state index contributed by atoms with van der Waals surface area (Å²) in [5.41, 5.74) is 0. The van der Waals surface area contributed by atoms with Crippen LogP contribution >= 0.6 is 0 Å². The lowest BCUT2D eigenvalue weighted by Gasteiger charge is -2.19. The summed E-state index contributed by atoms with van der Waals surface area (Å²) in [6.07, 6.45) is 95.8. The van der Waals surface area contributed by atoms with Crippen LogP contribution in [0.25, 0.3) is 0 Å². The van der Waals surface area contributed by atoms with Gasteiger partial charge in [-0.05, 0) is 116 Å². The molecule has 2 atom stereocenters. The highest BCUT2D eigenvalue weighted by Crippen LogP contribution is 2.14. The minimum Gasteiger partial charge on any atom is -0.394 e. The van der Waals surface area contributed by atoms with Gasteiger partial charge in [-0.25, -0.2) is 0 Å². The van der Waals surface area contributed by atoms with E-state index in [2.05, 4.69) is 153 Å². The van der Waals surface area contributed by atoms with Gasteiger partial charge in [0.05, 0.1) is 18.8 Å². The monoisotopic (exact) mass is 978 g/mol. The first-order valence-electron chi connectivity index (χ1n) is 29.5. The third kappa shape index (κ3) is 57.0. The number of carbonyl (C=O) groups is 1. The Morgan fingerprint density at radius 1 is 0.352 bits per heavy atom. The van der Waals surface area contributed by atoms with Crippen LogP contribution in [0.5, 0.6) is 0 Å². The Balaban J connectivity index is 3.68. The van der Waals surface area contributed by atoms with Crippen molar-refractivity contribution >= 4 is 5.91 Å². The van der Waals surface area contributed by atoms with Crippen LogP contribution in [0, 0.1) is 0 Å². The Hall–Kier alpha value is -3.73. The first-order valence-corrected chi connectivity index (χ1v) is 29.5. The van der Waals surface area contributed by atoms with E-state index in [1.807, 2.05) is 6.08 Å². The molecule has 0 fully saturated rings. The van der Waals surface area contributed by atoms with Crippen molar-refractivity contribution in [3.8, 4) is 0 Å². The van der Waals surface area contributed by atoms with Gasteiger partial charge in [0.2, 0.25) is 5.91 Å². The Morgan fingerprint density at radius 2 is 0.634 bits per heavy atom.